The van der Waals surface area contributed by atoms with Gasteiger partial charge in [-0.2, -0.15) is 0 Å². The van der Waals surface area contributed by atoms with E-state index >= 15 is 0 Å². The van der Waals surface area contributed by atoms with Crippen LogP contribution >= 0.6 is 7.41 Å². The molecule has 428 valence electrons. The molecule has 9 aromatic rings. The first kappa shape index (κ1) is 60.8. The maximum atomic E-state index is 6.05. The highest BCUT2D eigenvalue weighted by molar-refractivity contribution is 7.84. The highest BCUT2D eigenvalue weighted by Crippen LogP contribution is 2.64. The zero-order valence-electron chi connectivity index (χ0n) is 52.1. The Kier molecular flexibility index (Phi) is 19.5. The van der Waals surface area contributed by atoms with Gasteiger partial charge in [-0.1, -0.05) is 158 Å². The molecule has 8 nitrogen and oxygen atoms in total. The summed E-state index contributed by atoms with van der Waals surface area (Å²) in [5.74, 6) is 15.7. The predicted molar refractivity (Wildman–Crippen MR) is 373 cm³/mol. The van der Waals surface area contributed by atoms with Crippen LogP contribution in [-0.4, -0.2) is 104 Å². The summed E-state index contributed by atoms with van der Waals surface area (Å²) in [5.41, 5.74) is 16.5. The van der Waals surface area contributed by atoms with Crippen molar-refractivity contribution in [3.05, 3.63) is 246 Å². The van der Waals surface area contributed by atoms with Crippen LogP contribution in [0.15, 0.2) is 218 Å². The topological polar surface area (TPSA) is 31.9 Å². The Labute approximate surface area is 517 Å². The number of hydrogen-bond donors (Lipinski definition) is 0. The Hall–Kier alpha value is -6.33. The largest absolute Gasteiger partial charge is 0.473 e. The van der Waals surface area contributed by atoms with Gasteiger partial charge < -0.3 is 34.1 Å². The summed E-state index contributed by atoms with van der Waals surface area (Å²) >= 11 is -2.60. The van der Waals surface area contributed by atoms with Gasteiger partial charge in [0.05, 0.1) is 31.4 Å². The molecule has 13 rings (SSSR count). The SMILES string of the molecule is CN1CN(c2ccccc2)[CH]([Al]([CH3])[CH3])c2ccccc21.CN1C[P+](C)(N(C)c2ccccc2)c2ccc3ccccc3c21.Cc1cccc2c1N(C)CN(c1ccccc1)[CH]2[Al]([CH3])[CH3].Cc1cccc2c1OCN(c1ccccc1)[CH]2[Al]([CH3])[CH3]. The molecule has 12 heteroatoms. The zero-order valence-corrected chi connectivity index (χ0v) is 56.4. The molecule has 0 bridgehead atoms. The Morgan fingerprint density at radius 2 is 0.905 bits per heavy atom. The van der Waals surface area contributed by atoms with Crippen LogP contribution in [0.25, 0.3) is 10.8 Å². The van der Waals surface area contributed by atoms with Gasteiger partial charge in [0, 0.05) is 82.3 Å². The lowest BCUT2D eigenvalue weighted by Crippen LogP contribution is -2.47. The van der Waals surface area contributed by atoms with Crippen molar-refractivity contribution < 1.29 is 4.74 Å². The Morgan fingerprint density at radius 1 is 0.440 bits per heavy atom. The first-order valence-corrected chi connectivity index (χ1v) is 41.5. The second kappa shape index (κ2) is 26.9. The zero-order chi connectivity index (χ0) is 59.2. The molecule has 0 aromatic heterocycles. The van der Waals surface area contributed by atoms with Crippen molar-refractivity contribution in [1.29, 1.82) is 0 Å². The lowest BCUT2D eigenvalue weighted by molar-refractivity contribution is 0.283. The first-order chi connectivity index (χ1) is 40.6. The van der Waals surface area contributed by atoms with Crippen LogP contribution in [0.3, 0.4) is 0 Å². The number of ether oxygens (including phenoxy) is 1. The predicted octanol–water partition coefficient (Wildman–Crippen LogP) is 16.9. The van der Waals surface area contributed by atoms with Crippen molar-refractivity contribution in [2.24, 2.45) is 0 Å². The maximum Gasteiger partial charge on any atom is 0.296 e. The summed E-state index contributed by atoms with van der Waals surface area (Å²) in [5, 5.41) is 4.22. The molecule has 0 saturated carbocycles. The molecular formula is C72H86Al3N7OP+. The van der Waals surface area contributed by atoms with Crippen LogP contribution in [0.2, 0.25) is 34.7 Å². The molecule has 0 spiro atoms. The standard InChI is InChI=1S/C20H22N2P.C16H17N2.C15H15N2.C15H14NO.6CH3.3Al/c1-21-15-23(3,22(2)17-10-5-4-6-11-17)19-14-13-16-9-7-8-12-18(16)20(19)21;1-13-7-6-8-14-11-18(12-17(2)16(13)14)15-9-4-3-5-10-15;1-16-12-17(14-8-3-2-4-9-14)11-13-7-5-6-10-15(13)16;1-12-6-5-7-13-10-16(11-17-15(12)13)14-8-3-2-4-9-14;;;;;;;;;/h4-14H,15H2,1-3H3;3-11H,12H2,1-2H3;2-11H,12H2,1H3;2-10H,11H2,1H3;6*1H3;;;/q+1;;;;;;;;;;;;. The Bertz CT molecular complexity index is 3620. The van der Waals surface area contributed by atoms with Crippen molar-refractivity contribution in [3.8, 4) is 5.75 Å². The fourth-order valence-corrected chi connectivity index (χ4v) is 23.0. The smallest absolute Gasteiger partial charge is 0.296 e. The van der Waals surface area contributed by atoms with Gasteiger partial charge in [0.15, 0.2) is 20.4 Å². The van der Waals surface area contributed by atoms with Gasteiger partial charge in [-0.15, -0.1) is 34.7 Å². The van der Waals surface area contributed by atoms with Crippen LogP contribution in [0, 0.1) is 13.8 Å². The van der Waals surface area contributed by atoms with E-state index in [1.807, 2.05) is 0 Å². The summed E-state index contributed by atoms with van der Waals surface area (Å²) < 4.78 is 8.57. The molecule has 9 aromatic carbocycles. The van der Waals surface area contributed by atoms with E-state index in [9.17, 15) is 0 Å². The fourth-order valence-electron chi connectivity index (χ4n) is 13.6. The van der Waals surface area contributed by atoms with Gasteiger partial charge in [-0.25, -0.2) is 4.67 Å². The van der Waals surface area contributed by atoms with E-state index in [4.69, 9.17) is 4.74 Å². The average molecular weight is 1180 g/mol. The third kappa shape index (κ3) is 12.6. The number of hydrogen-bond acceptors (Lipinski definition) is 8. The molecule has 4 unspecified atom stereocenters. The molecule has 0 saturated heterocycles. The number of fused-ring (bicyclic) bond motifs is 6. The van der Waals surface area contributed by atoms with Gasteiger partial charge in [0.2, 0.25) is 0 Å². The normalized spacial score (nSPS) is 18.2. The molecule has 0 aliphatic carbocycles. The third-order valence-electron chi connectivity index (χ3n) is 17.5. The number of para-hydroxylation sites is 7. The van der Waals surface area contributed by atoms with Crippen LogP contribution in [0.4, 0.5) is 39.8 Å². The number of benzene rings is 9. The molecule has 0 N–H and O–H groups in total. The van der Waals surface area contributed by atoms with Crippen molar-refractivity contribution in [1.82, 2.24) is 0 Å². The fraction of sp³-hybridized carbons (Fsp3) is 0.278. The van der Waals surface area contributed by atoms with E-state index in [1.54, 1.807) is 0 Å². The molecule has 4 aliphatic heterocycles. The van der Waals surface area contributed by atoms with E-state index in [0.717, 1.165) is 25.4 Å². The van der Waals surface area contributed by atoms with Crippen LogP contribution in [0.1, 0.15) is 42.5 Å². The van der Waals surface area contributed by atoms with E-state index in [2.05, 4.69) is 336 Å². The average Bonchev–Trinajstić information content (AvgIpc) is 2.15. The maximum absolute atomic E-state index is 6.05. The number of rotatable bonds is 8. The van der Waals surface area contributed by atoms with Gasteiger partial charge in [0.25, 0.3) is 42.4 Å². The number of aryl methyl sites for hydroxylation is 2. The monoisotopic (exact) mass is 1180 g/mol. The second-order valence-electron chi connectivity index (χ2n) is 24.5. The highest BCUT2D eigenvalue weighted by atomic mass is 31.2. The van der Waals surface area contributed by atoms with Gasteiger partial charge in [-0.05, 0) is 102 Å². The van der Waals surface area contributed by atoms with Crippen LogP contribution < -0.4 is 44.1 Å². The van der Waals surface area contributed by atoms with Crippen molar-refractivity contribution in [3.63, 3.8) is 0 Å². The summed E-state index contributed by atoms with van der Waals surface area (Å²) in [4.78, 5) is 16.4. The van der Waals surface area contributed by atoms with E-state index in [1.165, 1.54) is 83.7 Å². The van der Waals surface area contributed by atoms with Crippen LogP contribution in [0.5, 0.6) is 5.75 Å². The molecule has 4 aliphatic rings. The molecule has 84 heavy (non-hydrogen) atoms. The summed E-state index contributed by atoms with van der Waals surface area (Å²) in [6.07, 6.45) is 1.10. The van der Waals surface area contributed by atoms with E-state index in [-0.39, 0.29) is 0 Å². The second-order valence-corrected chi connectivity index (χ2v) is 37.5. The molecule has 4 atom stereocenters. The lowest BCUT2D eigenvalue weighted by atomic mass is 10.0. The van der Waals surface area contributed by atoms with Gasteiger partial charge in [-0.3, -0.25) is 0 Å². The number of nitrogens with zero attached hydrogens (tertiary/aromatic N) is 7. The Morgan fingerprint density at radius 3 is 1.50 bits per heavy atom. The van der Waals surface area contributed by atoms with Crippen molar-refractivity contribution >= 4 is 106 Å². The highest BCUT2D eigenvalue weighted by Gasteiger charge is 2.50. The summed E-state index contributed by atoms with van der Waals surface area (Å²) in [7, 11) is 7.45. The van der Waals surface area contributed by atoms with Crippen molar-refractivity contribution in [2.45, 2.75) is 63.3 Å². The van der Waals surface area contributed by atoms with Crippen LogP contribution in [-0.2, 0) is 0 Å². The number of anilines is 7. The van der Waals surface area contributed by atoms with Crippen molar-refractivity contribution in [2.75, 3.05) is 95.3 Å². The Balaban J connectivity index is 0.000000125. The molecule has 4 heterocycles. The summed E-state index contributed by atoms with van der Waals surface area (Å²) in [6.45, 7) is 9.41. The van der Waals surface area contributed by atoms with Gasteiger partial charge in [0.1, 0.15) is 11.1 Å². The molecule has 0 amide bonds. The minimum Gasteiger partial charge on any atom is -0.473 e. The minimum absolute atomic E-state index is 0.501. The molecule has 0 radical (unpaired) electrons. The summed E-state index contributed by atoms with van der Waals surface area (Å²) in [6, 6.07) is 78.5. The quantitative estimate of drug-likeness (QED) is 0.110. The molecule has 0 fully saturated rings. The third-order valence-corrected chi connectivity index (χ3v) is 27.4. The van der Waals surface area contributed by atoms with Gasteiger partial charge >= 0.3 is 0 Å². The van der Waals surface area contributed by atoms with E-state index < -0.39 is 49.9 Å². The van der Waals surface area contributed by atoms with E-state index in [0.29, 0.717) is 21.4 Å². The minimum atomic E-state index is -1.42. The first-order valence-electron chi connectivity index (χ1n) is 30.2. The molecular weight excluding hydrogens is 1090 g/mol. The lowest BCUT2D eigenvalue weighted by Gasteiger charge is -2.46.